The number of esters is 9. The highest BCUT2D eigenvalue weighted by molar-refractivity contribution is 5.91. The third kappa shape index (κ3) is 8.28. The summed E-state index contributed by atoms with van der Waals surface area (Å²) < 4.78 is 65.7. The van der Waals surface area contributed by atoms with E-state index in [2.05, 4.69) is 4.98 Å². The van der Waals surface area contributed by atoms with E-state index >= 15 is 0 Å². The smallest absolute Gasteiger partial charge is 0.350 e. The first-order valence-electron chi connectivity index (χ1n) is 20.3. The molecule has 2 aromatic heterocycles. The van der Waals surface area contributed by atoms with Gasteiger partial charge in [0.05, 0.1) is 29.0 Å². The number of fused-ring (bicyclic) bond motifs is 5. The zero-order chi connectivity index (χ0) is 48.0. The molecule has 0 aromatic carbocycles. The van der Waals surface area contributed by atoms with Gasteiger partial charge < -0.3 is 56.9 Å². The third-order valence-electron chi connectivity index (χ3n) is 12.3. The lowest BCUT2D eigenvalue weighted by Gasteiger charge is -2.67. The second-order valence-electron chi connectivity index (χ2n) is 16.9. The van der Waals surface area contributed by atoms with Crippen LogP contribution in [0.15, 0.2) is 41.3 Å². The number of aromatic nitrogens is 1. The van der Waals surface area contributed by atoms with Gasteiger partial charge in [0, 0.05) is 54.2 Å². The molecular formula is C43H49NO21. The monoisotopic (exact) mass is 915 g/mol. The Balaban J connectivity index is 1.80. The van der Waals surface area contributed by atoms with Crippen LogP contribution in [-0.2, 0) is 87.4 Å². The lowest BCUT2D eigenvalue weighted by atomic mass is 9.45. The summed E-state index contributed by atoms with van der Waals surface area (Å²) >= 11 is 0. The van der Waals surface area contributed by atoms with Gasteiger partial charge in [0.2, 0.25) is 5.60 Å². The first kappa shape index (κ1) is 48.0. The number of nitrogens with zero attached hydrogens (tertiary/aromatic N) is 1. The number of hydrogen-bond donors (Lipinski definition) is 1. The predicted molar refractivity (Wildman–Crippen MR) is 208 cm³/mol. The number of hydrogen-bond acceptors (Lipinski definition) is 22. The van der Waals surface area contributed by atoms with Crippen LogP contribution < -0.4 is 0 Å². The highest BCUT2D eigenvalue weighted by Crippen LogP contribution is 2.70. The second-order valence-corrected chi connectivity index (χ2v) is 16.9. The molecule has 12 atom stereocenters. The van der Waals surface area contributed by atoms with Crippen molar-refractivity contribution in [2.24, 2.45) is 11.3 Å². The lowest BCUT2D eigenvalue weighted by Crippen LogP contribution is -2.89. The predicted octanol–water partition coefficient (Wildman–Crippen LogP) is 1.44. The molecule has 2 saturated carbocycles. The summed E-state index contributed by atoms with van der Waals surface area (Å²) in [5.41, 5.74) is -13.5. The van der Waals surface area contributed by atoms with Crippen LogP contribution in [0, 0.1) is 11.3 Å². The molecular weight excluding hydrogens is 866 g/mol. The number of carbonyl (C=O) groups excluding carboxylic acids is 9. The van der Waals surface area contributed by atoms with Crippen LogP contribution in [-0.4, -0.2) is 136 Å². The summed E-state index contributed by atoms with van der Waals surface area (Å²) in [6, 6.07) is 3.97. The minimum atomic E-state index is -3.04. The summed E-state index contributed by atoms with van der Waals surface area (Å²) in [6.07, 6.45) is -10.3. The molecule has 2 aliphatic carbocycles. The number of aryl methyl sites for hydroxylation is 1. The van der Waals surface area contributed by atoms with Crippen LogP contribution in [0.25, 0.3) is 0 Å². The molecule has 1 N–H and O–H groups in total. The van der Waals surface area contributed by atoms with Gasteiger partial charge in [-0.2, -0.15) is 0 Å². The maximum atomic E-state index is 14.9. The normalized spacial score (nSPS) is 35.0. The van der Waals surface area contributed by atoms with Gasteiger partial charge in [0.1, 0.15) is 48.3 Å². The maximum Gasteiger partial charge on any atom is 0.350 e. The van der Waals surface area contributed by atoms with Crippen LogP contribution >= 0.6 is 0 Å². The van der Waals surface area contributed by atoms with Gasteiger partial charge in [-0.25, -0.2) is 14.4 Å². The average molecular weight is 916 g/mol. The SMILES string of the molecule is CC(=O)OC[C@]12[C@H](OC(C)=O)C(OC(C)=O)[C@@H]3[C@@H](OC(C)=O)[C@]14O[C@@]3(C)COC(=O)c1cccnc1CCC(C)(OC(C)=O)C(=O)O[C@@H]([C@H](OC(=O)c1ccoc1)[C@@H]2OC(C)=O)[C@]4(C)O. The quantitative estimate of drug-likeness (QED) is 0.275. The zero-order valence-electron chi connectivity index (χ0n) is 36.9. The fourth-order valence-corrected chi connectivity index (χ4v) is 9.94. The highest BCUT2D eigenvalue weighted by Gasteiger charge is 2.92. The van der Waals surface area contributed by atoms with E-state index in [1.54, 1.807) is 0 Å². The van der Waals surface area contributed by atoms with Crippen LogP contribution in [0.5, 0.6) is 0 Å². The molecule has 3 fully saturated rings. The van der Waals surface area contributed by atoms with E-state index in [1.165, 1.54) is 31.3 Å². The molecule has 352 valence electrons. The van der Waals surface area contributed by atoms with Crippen molar-refractivity contribution < 1.29 is 100 Å². The molecule has 2 aliphatic heterocycles. The van der Waals surface area contributed by atoms with E-state index in [9.17, 15) is 48.3 Å². The Morgan fingerprint density at radius 3 is 1.97 bits per heavy atom. The number of rotatable bonds is 9. The zero-order valence-corrected chi connectivity index (χ0v) is 36.9. The van der Waals surface area contributed by atoms with E-state index in [0.29, 0.717) is 0 Å². The fraction of sp³-hybridized carbons (Fsp3) is 0.581. The molecule has 65 heavy (non-hydrogen) atoms. The van der Waals surface area contributed by atoms with Gasteiger partial charge in [0.15, 0.2) is 30.0 Å². The van der Waals surface area contributed by atoms with Crippen LogP contribution in [0.2, 0.25) is 0 Å². The van der Waals surface area contributed by atoms with Crippen molar-refractivity contribution in [3.05, 3.63) is 53.7 Å². The van der Waals surface area contributed by atoms with E-state index < -0.39 is 144 Å². The van der Waals surface area contributed by atoms with Crippen molar-refractivity contribution in [1.29, 1.82) is 0 Å². The number of aliphatic hydroxyl groups is 1. The topological polar surface area (TPSA) is 292 Å². The largest absolute Gasteiger partial charge is 0.472 e. The minimum absolute atomic E-state index is 0.0619. The van der Waals surface area contributed by atoms with Gasteiger partial charge in [0.25, 0.3) is 0 Å². The molecule has 2 unspecified atom stereocenters. The summed E-state index contributed by atoms with van der Waals surface area (Å²) in [7, 11) is 0. The van der Waals surface area contributed by atoms with Crippen molar-refractivity contribution in [3.8, 4) is 0 Å². The maximum absolute atomic E-state index is 14.9. The van der Waals surface area contributed by atoms with Gasteiger partial charge in [-0.3, -0.25) is 33.8 Å². The third-order valence-corrected chi connectivity index (χ3v) is 12.3. The molecule has 1 spiro atoms. The molecule has 2 aromatic rings. The number of pyridine rings is 1. The molecule has 4 heterocycles. The Bertz CT molecular complexity index is 2270. The van der Waals surface area contributed by atoms with E-state index in [1.807, 2.05) is 0 Å². The van der Waals surface area contributed by atoms with Gasteiger partial charge in [-0.15, -0.1) is 0 Å². The van der Waals surface area contributed by atoms with Crippen molar-refractivity contribution in [3.63, 3.8) is 0 Å². The number of furan rings is 1. The number of carbonyl (C=O) groups is 9. The van der Waals surface area contributed by atoms with Crippen molar-refractivity contribution in [2.45, 2.75) is 134 Å². The fourth-order valence-electron chi connectivity index (χ4n) is 9.94. The van der Waals surface area contributed by atoms with Crippen LogP contribution in [0.4, 0.5) is 0 Å². The van der Waals surface area contributed by atoms with Crippen molar-refractivity contribution >= 4 is 53.7 Å². The highest BCUT2D eigenvalue weighted by atomic mass is 16.7. The van der Waals surface area contributed by atoms with Crippen molar-refractivity contribution in [1.82, 2.24) is 4.98 Å². The standard InChI is InChI=1S/C43H49NO21/c1-20(45)56-19-42-34(60-23(4)48)30(58-21(2)46)29-32(59-22(3)47)43(42)41(9,54)33(31(35(42)61-24(5)49)62-36(51)26-13-16-55-17-26)63-38(53)39(7,64-25(6)50)14-12-28-27(11-10-15-44-28)37(52)57-18-40(29,8)65-43/h10-11,13,15-17,29-35,54H,12,14,18-19H2,1-9H3/t29-,30?,31+,32-,33+,34-,35+,39?,40+,41+,42-,43-/m1/s1. The summed E-state index contributed by atoms with van der Waals surface area (Å²) in [5.74, 6) is -11.7. The Morgan fingerprint density at radius 2 is 1.40 bits per heavy atom. The molecule has 4 aliphatic rings. The van der Waals surface area contributed by atoms with Crippen LogP contribution in [0.1, 0.15) is 95.1 Å². The summed E-state index contributed by atoms with van der Waals surface area (Å²) in [4.78, 5) is 127. The number of cyclic esters (lactones) is 1. The Morgan fingerprint density at radius 1 is 0.785 bits per heavy atom. The Labute approximate surface area is 370 Å². The molecule has 1 saturated heterocycles. The first-order valence-corrected chi connectivity index (χ1v) is 20.3. The molecule has 6 rings (SSSR count). The Hall–Kier alpha value is -6.42. The lowest BCUT2D eigenvalue weighted by molar-refractivity contribution is -0.386. The number of ether oxygens (including phenoxy) is 10. The Kier molecular flexibility index (Phi) is 12.9. The van der Waals surface area contributed by atoms with Gasteiger partial charge in [-0.1, -0.05) is 0 Å². The van der Waals surface area contributed by atoms with Gasteiger partial charge >= 0.3 is 53.7 Å². The van der Waals surface area contributed by atoms with Gasteiger partial charge in [-0.05, 0) is 45.4 Å². The summed E-state index contributed by atoms with van der Waals surface area (Å²) in [5, 5.41) is 13.7. The van der Waals surface area contributed by atoms with E-state index in [0.717, 1.165) is 67.9 Å². The first-order chi connectivity index (χ1) is 30.3. The minimum Gasteiger partial charge on any atom is -0.472 e. The summed E-state index contributed by atoms with van der Waals surface area (Å²) in [6.45, 7) is 7.26. The van der Waals surface area contributed by atoms with Crippen LogP contribution in [0.3, 0.4) is 0 Å². The molecule has 22 nitrogen and oxygen atoms in total. The average Bonchev–Trinajstić information content (AvgIpc) is 3.82. The molecule has 0 amide bonds. The van der Waals surface area contributed by atoms with Crippen molar-refractivity contribution in [2.75, 3.05) is 13.2 Å². The molecule has 4 bridgehead atoms. The molecule has 22 heteroatoms. The second kappa shape index (κ2) is 17.5. The van der Waals surface area contributed by atoms with E-state index in [-0.39, 0.29) is 23.2 Å². The molecule has 0 radical (unpaired) electrons. The van der Waals surface area contributed by atoms with E-state index in [4.69, 9.17) is 51.8 Å².